The maximum Gasteiger partial charge on any atom is 0.225 e. The molecule has 1 aliphatic rings. The summed E-state index contributed by atoms with van der Waals surface area (Å²) >= 11 is 0. The number of amides is 1. The highest BCUT2D eigenvalue weighted by Crippen LogP contribution is 2.23. The van der Waals surface area contributed by atoms with Crippen molar-refractivity contribution in [3.8, 4) is 0 Å². The van der Waals surface area contributed by atoms with Crippen molar-refractivity contribution in [2.75, 3.05) is 26.2 Å². The number of nitrogens with zero attached hydrogens (tertiary/aromatic N) is 2. The first-order chi connectivity index (χ1) is 9.63. The Morgan fingerprint density at radius 1 is 1.15 bits per heavy atom. The van der Waals surface area contributed by atoms with Gasteiger partial charge < -0.3 is 4.90 Å². The molecule has 1 aliphatic heterocycles. The summed E-state index contributed by atoms with van der Waals surface area (Å²) in [5.41, 5.74) is 1.27. The third-order valence-corrected chi connectivity index (χ3v) is 3.88. The van der Waals surface area contributed by atoms with E-state index >= 15 is 0 Å². The van der Waals surface area contributed by atoms with E-state index in [2.05, 4.69) is 35.7 Å². The summed E-state index contributed by atoms with van der Waals surface area (Å²) in [4.78, 5) is 16.4. The molecule has 1 heterocycles. The number of carbonyl (C=O) groups is 1. The Morgan fingerprint density at radius 3 is 2.25 bits per heavy atom. The number of carbonyl (C=O) groups excluding carboxylic acids is 1. The van der Waals surface area contributed by atoms with Gasteiger partial charge >= 0.3 is 0 Å². The third-order valence-electron chi connectivity index (χ3n) is 3.88. The lowest BCUT2D eigenvalue weighted by Crippen LogP contribution is -2.50. The molecular weight excluding hydrogens is 248 g/mol. The van der Waals surface area contributed by atoms with Crippen LogP contribution in [0.4, 0.5) is 0 Å². The Balaban J connectivity index is 1.99. The number of hydrogen-bond acceptors (Lipinski definition) is 2. The van der Waals surface area contributed by atoms with Crippen LogP contribution < -0.4 is 0 Å². The first kappa shape index (κ1) is 14.8. The molecule has 1 aromatic rings. The lowest BCUT2D eigenvalue weighted by atomic mass is 10.0. The molecule has 1 saturated heterocycles. The molecule has 1 atom stereocenters. The van der Waals surface area contributed by atoms with E-state index in [-0.39, 0.29) is 17.9 Å². The van der Waals surface area contributed by atoms with Gasteiger partial charge in [0.2, 0.25) is 5.91 Å². The van der Waals surface area contributed by atoms with Crippen molar-refractivity contribution in [1.29, 1.82) is 0 Å². The number of piperazine rings is 1. The first-order valence-corrected chi connectivity index (χ1v) is 7.34. The Morgan fingerprint density at radius 2 is 1.75 bits per heavy atom. The predicted molar refractivity (Wildman–Crippen MR) is 82.4 cm³/mol. The topological polar surface area (TPSA) is 23.6 Å². The molecule has 0 saturated carbocycles. The van der Waals surface area contributed by atoms with E-state index in [9.17, 15) is 4.79 Å². The molecule has 0 bridgehead atoms. The molecule has 0 aliphatic carbocycles. The smallest absolute Gasteiger partial charge is 0.225 e. The minimum atomic E-state index is 0.0888. The van der Waals surface area contributed by atoms with Gasteiger partial charge in [-0.1, -0.05) is 50.3 Å². The fraction of sp³-hybridized carbons (Fsp3) is 0.471. The summed E-state index contributed by atoms with van der Waals surface area (Å²) < 4.78 is 0. The highest BCUT2D eigenvalue weighted by molar-refractivity contribution is 5.78. The third kappa shape index (κ3) is 3.28. The zero-order valence-corrected chi connectivity index (χ0v) is 12.5. The van der Waals surface area contributed by atoms with Crippen LogP contribution in [0.5, 0.6) is 0 Å². The minimum Gasteiger partial charge on any atom is -0.340 e. The van der Waals surface area contributed by atoms with E-state index in [1.165, 1.54) is 5.56 Å². The number of hydrogen-bond donors (Lipinski definition) is 0. The first-order valence-electron chi connectivity index (χ1n) is 7.34. The van der Waals surface area contributed by atoms with Gasteiger partial charge in [0.1, 0.15) is 0 Å². The summed E-state index contributed by atoms with van der Waals surface area (Å²) in [6.07, 6.45) is 2.00. The fourth-order valence-corrected chi connectivity index (χ4v) is 2.73. The van der Waals surface area contributed by atoms with E-state index < -0.39 is 0 Å². The van der Waals surface area contributed by atoms with Gasteiger partial charge in [-0.25, -0.2) is 0 Å². The van der Waals surface area contributed by atoms with Gasteiger partial charge in [-0.05, 0) is 5.56 Å². The molecule has 3 heteroatoms. The molecule has 3 nitrogen and oxygen atoms in total. The molecular formula is C17H24N2O. The average molecular weight is 272 g/mol. The maximum absolute atomic E-state index is 12.0. The van der Waals surface area contributed by atoms with E-state index in [1.54, 1.807) is 0 Å². The highest BCUT2D eigenvalue weighted by Gasteiger charge is 2.26. The van der Waals surface area contributed by atoms with Gasteiger partial charge in [0.25, 0.3) is 0 Å². The van der Waals surface area contributed by atoms with Crippen LogP contribution in [0.2, 0.25) is 0 Å². The van der Waals surface area contributed by atoms with Gasteiger partial charge in [-0.2, -0.15) is 0 Å². The van der Waals surface area contributed by atoms with Gasteiger partial charge in [-0.3, -0.25) is 9.69 Å². The largest absolute Gasteiger partial charge is 0.340 e. The second-order valence-corrected chi connectivity index (χ2v) is 5.61. The molecule has 2 rings (SSSR count). The van der Waals surface area contributed by atoms with Crippen molar-refractivity contribution in [1.82, 2.24) is 9.80 Å². The van der Waals surface area contributed by atoms with Gasteiger partial charge in [0.15, 0.2) is 0 Å². The Labute approximate surface area is 121 Å². The van der Waals surface area contributed by atoms with Crippen molar-refractivity contribution in [3.63, 3.8) is 0 Å². The second-order valence-electron chi connectivity index (χ2n) is 5.61. The minimum absolute atomic E-state index is 0.0888. The van der Waals surface area contributed by atoms with Gasteiger partial charge in [-0.15, -0.1) is 6.58 Å². The van der Waals surface area contributed by atoms with Crippen molar-refractivity contribution in [2.24, 2.45) is 5.92 Å². The van der Waals surface area contributed by atoms with E-state index in [0.717, 1.165) is 26.2 Å². The Kier molecular flexibility index (Phi) is 4.96. The number of benzene rings is 1. The van der Waals surface area contributed by atoms with Crippen LogP contribution >= 0.6 is 0 Å². The van der Waals surface area contributed by atoms with Crippen LogP contribution in [0.1, 0.15) is 25.5 Å². The molecule has 0 N–H and O–H groups in total. The van der Waals surface area contributed by atoms with Crippen LogP contribution in [0.15, 0.2) is 43.0 Å². The SMILES string of the molecule is C=CC(c1ccccc1)N1CCN(C(=O)C(C)C)CC1. The van der Waals surface area contributed by atoms with Crippen LogP contribution in [-0.2, 0) is 4.79 Å². The van der Waals surface area contributed by atoms with E-state index in [1.807, 2.05) is 30.9 Å². The molecule has 1 fully saturated rings. The van der Waals surface area contributed by atoms with Crippen LogP contribution in [0.25, 0.3) is 0 Å². The summed E-state index contributed by atoms with van der Waals surface area (Å²) in [5, 5.41) is 0. The Bertz CT molecular complexity index is 447. The fourth-order valence-electron chi connectivity index (χ4n) is 2.73. The van der Waals surface area contributed by atoms with E-state index in [4.69, 9.17) is 0 Å². The molecule has 108 valence electrons. The van der Waals surface area contributed by atoms with Crippen molar-refractivity contribution in [2.45, 2.75) is 19.9 Å². The molecule has 1 aromatic carbocycles. The predicted octanol–water partition coefficient (Wildman–Crippen LogP) is 2.71. The van der Waals surface area contributed by atoms with Crippen molar-refractivity contribution >= 4 is 5.91 Å². The molecule has 0 aromatic heterocycles. The standard InChI is InChI=1S/C17H24N2O/c1-4-16(15-8-6-5-7-9-15)18-10-12-19(13-11-18)17(20)14(2)3/h4-9,14,16H,1,10-13H2,2-3H3. The second kappa shape index (κ2) is 6.71. The van der Waals surface area contributed by atoms with Gasteiger partial charge in [0.05, 0.1) is 6.04 Å². The quantitative estimate of drug-likeness (QED) is 0.787. The van der Waals surface area contributed by atoms with Crippen LogP contribution in [0.3, 0.4) is 0 Å². The van der Waals surface area contributed by atoms with Crippen LogP contribution in [-0.4, -0.2) is 41.9 Å². The van der Waals surface area contributed by atoms with Crippen molar-refractivity contribution < 1.29 is 4.79 Å². The van der Waals surface area contributed by atoms with Crippen LogP contribution in [0, 0.1) is 5.92 Å². The highest BCUT2D eigenvalue weighted by atomic mass is 16.2. The monoisotopic (exact) mass is 272 g/mol. The van der Waals surface area contributed by atoms with Crippen molar-refractivity contribution in [3.05, 3.63) is 48.6 Å². The molecule has 1 amide bonds. The number of rotatable bonds is 4. The zero-order chi connectivity index (χ0) is 14.5. The maximum atomic E-state index is 12.0. The zero-order valence-electron chi connectivity index (χ0n) is 12.5. The molecule has 0 radical (unpaired) electrons. The summed E-state index contributed by atoms with van der Waals surface area (Å²) in [5.74, 6) is 0.352. The summed E-state index contributed by atoms with van der Waals surface area (Å²) in [6.45, 7) is 11.3. The lowest BCUT2D eigenvalue weighted by Gasteiger charge is -2.39. The normalized spacial score (nSPS) is 18.1. The lowest BCUT2D eigenvalue weighted by molar-refractivity contribution is -0.136. The Hall–Kier alpha value is -1.61. The summed E-state index contributed by atoms with van der Waals surface area (Å²) in [6, 6.07) is 10.7. The van der Waals surface area contributed by atoms with E-state index in [0.29, 0.717) is 0 Å². The molecule has 1 unspecified atom stereocenters. The van der Waals surface area contributed by atoms with Gasteiger partial charge in [0, 0.05) is 32.1 Å². The molecule has 0 spiro atoms. The summed E-state index contributed by atoms with van der Waals surface area (Å²) in [7, 11) is 0. The molecule has 20 heavy (non-hydrogen) atoms. The average Bonchev–Trinajstić information content (AvgIpc) is 2.49.